The van der Waals surface area contributed by atoms with Gasteiger partial charge in [0.2, 0.25) is 0 Å². The molecular formula is C10H14N2O4. The summed E-state index contributed by atoms with van der Waals surface area (Å²) in [4.78, 5) is 24.1. The smallest absolute Gasteiger partial charge is 0.326 e. The van der Waals surface area contributed by atoms with Crippen LogP contribution in [-0.4, -0.2) is 47.4 Å². The van der Waals surface area contributed by atoms with Crippen molar-refractivity contribution >= 4 is 11.9 Å². The van der Waals surface area contributed by atoms with Crippen LogP contribution in [-0.2, 0) is 9.53 Å². The first-order valence-electron chi connectivity index (χ1n) is 5.18. The van der Waals surface area contributed by atoms with Crippen LogP contribution in [0.3, 0.4) is 0 Å². The van der Waals surface area contributed by atoms with Gasteiger partial charge < -0.3 is 9.84 Å². The molecule has 2 aliphatic heterocycles. The number of imide groups is 1. The highest BCUT2D eigenvalue weighted by molar-refractivity contribution is 6.06. The largest absolute Gasteiger partial charge is 0.394 e. The van der Waals surface area contributed by atoms with Crippen molar-refractivity contribution in [2.45, 2.75) is 25.2 Å². The lowest BCUT2D eigenvalue weighted by molar-refractivity contribution is -0.119. The number of carbonyl (C=O) groups is 2. The van der Waals surface area contributed by atoms with E-state index in [0.29, 0.717) is 18.4 Å². The molecule has 0 radical (unpaired) electrons. The Hall–Kier alpha value is -1.40. The maximum absolute atomic E-state index is 11.5. The average molecular weight is 226 g/mol. The monoisotopic (exact) mass is 226 g/mol. The number of carbonyl (C=O) groups excluding carboxylic acids is 2. The quantitative estimate of drug-likeness (QED) is 0.627. The van der Waals surface area contributed by atoms with E-state index in [2.05, 4.69) is 11.9 Å². The zero-order valence-corrected chi connectivity index (χ0v) is 8.81. The van der Waals surface area contributed by atoms with Gasteiger partial charge in [0.1, 0.15) is 6.23 Å². The molecule has 2 heterocycles. The van der Waals surface area contributed by atoms with Crippen molar-refractivity contribution in [3.8, 4) is 0 Å². The van der Waals surface area contributed by atoms with Gasteiger partial charge in [-0.1, -0.05) is 6.58 Å². The fraction of sp³-hybridized carbons (Fsp3) is 0.600. The van der Waals surface area contributed by atoms with E-state index in [1.165, 1.54) is 4.90 Å². The Morgan fingerprint density at radius 1 is 1.50 bits per heavy atom. The highest BCUT2D eigenvalue weighted by atomic mass is 16.5. The fourth-order valence-electron chi connectivity index (χ4n) is 1.89. The summed E-state index contributed by atoms with van der Waals surface area (Å²) in [7, 11) is 0. The van der Waals surface area contributed by atoms with Gasteiger partial charge in [0.05, 0.1) is 19.3 Å². The van der Waals surface area contributed by atoms with Gasteiger partial charge in [-0.25, -0.2) is 4.79 Å². The summed E-state index contributed by atoms with van der Waals surface area (Å²) in [5, 5.41) is 11.1. The Kier molecular flexibility index (Phi) is 2.93. The van der Waals surface area contributed by atoms with Crippen LogP contribution in [0, 0.1) is 0 Å². The number of amides is 3. The molecule has 0 saturated carbocycles. The second-order valence-electron chi connectivity index (χ2n) is 3.96. The highest BCUT2D eigenvalue weighted by Gasteiger charge is 2.36. The minimum Gasteiger partial charge on any atom is -0.394 e. The standard InChI is InChI=1S/C10H14N2O4/c1-6-4-12(10(15)11-9(6)14)8-3-2-7(5-13)16-8/h7-8,13H,1-5H2,(H,11,14,15)/t7-,8+/m0/s1. The lowest BCUT2D eigenvalue weighted by Crippen LogP contribution is -2.54. The number of urea groups is 1. The molecule has 2 N–H and O–H groups in total. The van der Waals surface area contributed by atoms with Crippen molar-refractivity contribution in [3.05, 3.63) is 12.2 Å². The Balaban J connectivity index is 2.02. The first kappa shape index (κ1) is 11.1. The molecule has 0 unspecified atom stereocenters. The van der Waals surface area contributed by atoms with Crippen molar-refractivity contribution < 1.29 is 19.4 Å². The molecule has 0 aromatic rings. The predicted octanol–water partition coefficient (Wildman–Crippen LogP) is -0.408. The Morgan fingerprint density at radius 3 is 2.88 bits per heavy atom. The normalized spacial score (nSPS) is 30.8. The lowest BCUT2D eigenvalue weighted by Gasteiger charge is -2.32. The minimum atomic E-state index is -0.457. The van der Waals surface area contributed by atoms with Gasteiger partial charge in [0.25, 0.3) is 5.91 Å². The van der Waals surface area contributed by atoms with Gasteiger partial charge in [-0.15, -0.1) is 0 Å². The van der Waals surface area contributed by atoms with Crippen LogP contribution < -0.4 is 5.32 Å². The number of nitrogens with zero attached hydrogens (tertiary/aromatic N) is 1. The predicted molar refractivity (Wildman–Crippen MR) is 54.4 cm³/mol. The van der Waals surface area contributed by atoms with Crippen LogP contribution in [0.2, 0.25) is 0 Å². The van der Waals surface area contributed by atoms with Gasteiger partial charge >= 0.3 is 6.03 Å². The second-order valence-corrected chi connectivity index (χ2v) is 3.96. The summed E-state index contributed by atoms with van der Waals surface area (Å²) < 4.78 is 5.47. The van der Waals surface area contributed by atoms with Crippen LogP contribution in [0.1, 0.15) is 12.8 Å². The van der Waals surface area contributed by atoms with Gasteiger partial charge in [0.15, 0.2) is 0 Å². The number of rotatable bonds is 2. The zero-order valence-electron chi connectivity index (χ0n) is 8.81. The molecule has 6 nitrogen and oxygen atoms in total. The third-order valence-corrected chi connectivity index (χ3v) is 2.80. The lowest BCUT2D eigenvalue weighted by atomic mass is 10.2. The van der Waals surface area contributed by atoms with Crippen molar-refractivity contribution in [3.63, 3.8) is 0 Å². The van der Waals surface area contributed by atoms with Crippen LogP contribution in [0.25, 0.3) is 0 Å². The Bertz CT molecular complexity index is 342. The number of hydrogen-bond acceptors (Lipinski definition) is 4. The molecule has 2 atom stereocenters. The molecule has 3 amide bonds. The van der Waals surface area contributed by atoms with E-state index >= 15 is 0 Å². The second kappa shape index (κ2) is 4.23. The van der Waals surface area contributed by atoms with Crippen LogP contribution in [0.5, 0.6) is 0 Å². The summed E-state index contributed by atoms with van der Waals surface area (Å²) in [6, 6.07) is -0.457. The molecule has 0 bridgehead atoms. The minimum absolute atomic E-state index is 0.0498. The molecule has 6 heteroatoms. The summed E-state index contributed by atoms with van der Waals surface area (Å²) in [5.74, 6) is -0.432. The maximum Gasteiger partial charge on any atom is 0.326 e. The first-order valence-corrected chi connectivity index (χ1v) is 5.18. The van der Waals surface area contributed by atoms with Crippen molar-refractivity contribution in [1.82, 2.24) is 10.2 Å². The highest BCUT2D eigenvalue weighted by Crippen LogP contribution is 2.24. The average Bonchev–Trinajstić information content (AvgIpc) is 2.71. The van der Waals surface area contributed by atoms with E-state index in [0.717, 1.165) is 0 Å². The molecule has 0 aromatic heterocycles. The van der Waals surface area contributed by atoms with Crippen molar-refractivity contribution in [2.75, 3.05) is 13.2 Å². The maximum atomic E-state index is 11.5. The summed E-state index contributed by atoms with van der Waals surface area (Å²) in [5.41, 5.74) is 0.343. The van der Waals surface area contributed by atoms with Crippen LogP contribution in [0.15, 0.2) is 12.2 Å². The van der Waals surface area contributed by atoms with Crippen molar-refractivity contribution in [1.29, 1.82) is 0 Å². The number of aliphatic hydroxyl groups is 1. The van der Waals surface area contributed by atoms with Gasteiger partial charge in [0, 0.05) is 5.57 Å². The molecule has 2 saturated heterocycles. The van der Waals surface area contributed by atoms with E-state index in [9.17, 15) is 9.59 Å². The molecule has 88 valence electrons. The van der Waals surface area contributed by atoms with Crippen molar-refractivity contribution in [2.24, 2.45) is 0 Å². The van der Waals surface area contributed by atoms with Gasteiger partial charge in [-0.2, -0.15) is 0 Å². The topological polar surface area (TPSA) is 78.9 Å². The molecule has 0 aliphatic carbocycles. The summed E-state index contributed by atoms with van der Waals surface area (Å²) in [6.07, 6.45) is 0.788. The fourth-order valence-corrected chi connectivity index (χ4v) is 1.89. The van der Waals surface area contributed by atoms with E-state index in [-0.39, 0.29) is 25.5 Å². The molecule has 0 spiro atoms. The van der Waals surface area contributed by atoms with Crippen LogP contribution >= 0.6 is 0 Å². The number of nitrogens with one attached hydrogen (secondary N) is 1. The zero-order chi connectivity index (χ0) is 11.7. The van der Waals surface area contributed by atoms with Crippen LogP contribution in [0.4, 0.5) is 4.79 Å². The molecule has 2 fully saturated rings. The Labute approximate surface area is 92.9 Å². The molecular weight excluding hydrogens is 212 g/mol. The molecule has 2 aliphatic rings. The number of ether oxygens (including phenoxy) is 1. The molecule has 16 heavy (non-hydrogen) atoms. The molecule has 0 aromatic carbocycles. The van der Waals surface area contributed by atoms with E-state index in [4.69, 9.17) is 9.84 Å². The Morgan fingerprint density at radius 2 is 2.25 bits per heavy atom. The summed E-state index contributed by atoms with van der Waals surface area (Å²) in [6.45, 7) is 3.72. The number of aliphatic hydroxyl groups excluding tert-OH is 1. The molecule has 2 rings (SSSR count). The van der Waals surface area contributed by atoms with E-state index in [1.54, 1.807) is 0 Å². The third-order valence-electron chi connectivity index (χ3n) is 2.80. The van der Waals surface area contributed by atoms with Gasteiger partial charge in [-0.3, -0.25) is 15.0 Å². The summed E-state index contributed by atoms with van der Waals surface area (Å²) >= 11 is 0. The SMILES string of the molecule is C=C1CN([C@H]2CC[C@@H](CO)O2)C(=O)NC1=O. The first-order chi connectivity index (χ1) is 7.61. The van der Waals surface area contributed by atoms with E-state index < -0.39 is 11.9 Å². The number of hydrogen-bond donors (Lipinski definition) is 2. The van der Waals surface area contributed by atoms with E-state index in [1.807, 2.05) is 0 Å². The van der Waals surface area contributed by atoms with Gasteiger partial charge in [-0.05, 0) is 12.8 Å². The third kappa shape index (κ3) is 1.94.